The van der Waals surface area contributed by atoms with E-state index in [1.807, 2.05) is 67.1 Å². The molecular weight excluding hydrogens is 400 g/mol. The molecule has 1 amide bonds. The smallest absolute Gasteiger partial charge is 0.231 e. The van der Waals surface area contributed by atoms with Gasteiger partial charge in [0.05, 0.1) is 19.2 Å². The number of hydrogen-bond acceptors (Lipinski definition) is 4. The summed E-state index contributed by atoms with van der Waals surface area (Å²) < 4.78 is 7.13. The van der Waals surface area contributed by atoms with Gasteiger partial charge in [0.1, 0.15) is 12.1 Å². The molecule has 6 nitrogen and oxygen atoms in total. The predicted octanol–water partition coefficient (Wildman–Crippen LogP) is 5.05. The van der Waals surface area contributed by atoms with Gasteiger partial charge in [0, 0.05) is 11.4 Å². The Balaban J connectivity index is 1.82. The molecule has 1 aromatic heterocycles. The summed E-state index contributed by atoms with van der Waals surface area (Å²) in [5, 5.41) is 5.14. The molecule has 1 aliphatic rings. The van der Waals surface area contributed by atoms with Gasteiger partial charge in [-0.15, -0.1) is 0 Å². The lowest BCUT2D eigenvalue weighted by atomic mass is 9.91. The van der Waals surface area contributed by atoms with Crippen molar-refractivity contribution in [1.29, 1.82) is 0 Å². The lowest BCUT2D eigenvalue weighted by molar-refractivity contribution is -0.120. The molecule has 0 aliphatic carbocycles. The number of anilines is 1. The predicted molar refractivity (Wildman–Crippen MR) is 117 cm³/mol. The van der Waals surface area contributed by atoms with Gasteiger partial charge in [-0.1, -0.05) is 55.8 Å². The van der Waals surface area contributed by atoms with Gasteiger partial charge in [0.25, 0.3) is 0 Å². The van der Waals surface area contributed by atoms with Crippen molar-refractivity contribution in [3.8, 4) is 5.75 Å². The number of methoxy groups -OCH3 is 1. The molecule has 0 N–H and O–H groups in total. The van der Waals surface area contributed by atoms with Crippen LogP contribution in [0, 0.1) is 5.92 Å². The fourth-order valence-electron chi connectivity index (χ4n) is 4.04. The van der Waals surface area contributed by atoms with Crippen molar-refractivity contribution in [2.75, 3.05) is 12.0 Å². The van der Waals surface area contributed by atoms with E-state index in [1.165, 1.54) is 6.33 Å². The van der Waals surface area contributed by atoms with Crippen molar-refractivity contribution >= 4 is 23.5 Å². The van der Waals surface area contributed by atoms with Crippen LogP contribution in [0.4, 0.5) is 5.95 Å². The number of aromatic nitrogens is 3. The van der Waals surface area contributed by atoms with Gasteiger partial charge in [-0.25, -0.2) is 4.68 Å². The van der Waals surface area contributed by atoms with Gasteiger partial charge >= 0.3 is 0 Å². The number of halogens is 1. The van der Waals surface area contributed by atoms with Crippen molar-refractivity contribution in [3.05, 3.63) is 71.0 Å². The van der Waals surface area contributed by atoms with Crippen LogP contribution < -0.4 is 9.64 Å². The average molecular weight is 425 g/mol. The van der Waals surface area contributed by atoms with Crippen LogP contribution in [0.5, 0.6) is 5.75 Å². The minimum Gasteiger partial charge on any atom is -0.497 e. The van der Waals surface area contributed by atoms with Crippen LogP contribution in [0.15, 0.2) is 54.9 Å². The van der Waals surface area contributed by atoms with E-state index in [2.05, 4.69) is 10.1 Å². The quantitative estimate of drug-likeness (QED) is 0.574. The van der Waals surface area contributed by atoms with Gasteiger partial charge in [0.15, 0.2) is 0 Å². The normalized spacial score (nSPS) is 18.4. The lowest BCUT2D eigenvalue weighted by Crippen LogP contribution is -2.43. The summed E-state index contributed by atoms with van der Waals surface area (Å²) in [7, 11) is 1.64. The van der Waals surface area contributed by atoms with Crippen LogP contribution in [-0.2, 0) is 4.79 Å². The van der Waals surface area contributed by atoms with Crippen molar-refractivity contribution in [1.82, 2.24) is 14.8 Å². The average Bonchev–Trinajstić information content (AvgIpc) is 3.22. The number of nitrogens with zero attached hydrogens (tertiary/aromatic N) is 4. The molecule has 0 fully saturated rings. The fourth-order valence-corrected chi connectivity index (χ4v) is 4.30. The number of carbonyl (C=O) groups is 1. The summed E-state index contributed by atoms with van der Waals surface area (Å²) in [6.07, 6.45) is 2.60. The summed E-state index contributed by atoms with van der Waals surface area (Å²) in [5.41, 5.74) is 2.00. The molecule has 0 saturated heterocycles. The Labute approximate surface area is 181 Å². The van der Waals surface area contributed by atoms with Gasteiger partial charge in [-0.2, -0.15) is 10.1 Å². The standard InChI is InChI=1S/C23H25ClN4O2/c1-15(2)12-22(29)27-20(16-8-10-17(30-3)11-9-16)13-21(28-23(27)25-14-26-28)18-6-4-5-7-19(18)24/h4-11,14-15,20-21H,12-13H2,1-3H3/t20-,21-/m1/s1. The minimum absolute atomic E-state index is 0.0395. The highest BCUT2D eigenvalue weighted by Gasteiger charge is 2.39. The third-order valence-corrected chi connectivity index (χ3v) is 5.78. The van der Waals surface area contributed by atoms with Crippen molar-refractivity contribution in [2.45, 2.75) is 38.8 Å². The number of amides is 1. The maximum absolute atomic E-state index is 13.3. The zero-order valence-corrected chi connectivity index (χ0v) is 18.1. The Bertz CT molecular complexity index is 1030. The monoisotopic (exact) mass is 424 g/mol. The molecule has 2 atom stereocenters. The first-order chi connectivity index (χ1) is 14.5. The highest BCUT2D eigenvalue weighted by atomic mass is 35.5. The van der Waals surface area contributed by atoms with E-state index >= 15 is 0 Å². The van der Waals surface area contributed by atoms with E-state index in [-0.39, 0.29) is 23.9 Å². The molecule has 0 bridgehead atoms. The van der Waals surface area contributed by atoms with E-state index in [1.54, 1.807) is 12.0 Å². The van der Waals surface area contributed by atoms with Crippen molar-refractivity contribution < 1.29 is 9.53 Å². The molecular formula is C23H25ClN4O2. The van der Waals surface area contributed by atoms with Crippen LogP contribution in [0.3, 0.4) is 0 Å². The largest absolute Gasteiger partial charge is 0.497 e. The van der Waals surface area contributed by atoms with Crippen LogP contribution in [0.25, 0.3) is 0 Å². The molecule has 3 aromatic rings. The number of benzene rings is 2. The third-order valence-electron chi connectivity index (χ3n) is 5.44. The maximum atomic E-state index is 13.3. The Hall–Kier alpha value is -2.86. The molecule has 0 unspecified atom stereocenters. The Kier molecular flexibility index (Phi) is 5.77. The zero-order valence-electron chi connectivity index (χ0n) is 17.3. The van der Waals surface area contributed by atoms with E-state index in [0.29, 0.717) is 23.8 Å². The molecule has 4 rings (SSSR count). The second-order valence-electron chi connectivity index (χ2n) is 7.93. The first-order valence-electron chi connectivity index (χ1n) is 10.1. The zero-order chi connectivity index (χ0) is 21.3. The van der Waals surface area contributed by atoms with Crippen LogP contribution >= 0.6 is 11.6 Å². The summed E-state index contributed by atoms with van der Waals surface area (Å²) in [6, 6.07) is 15.3. The molecule has 30 heavy (non-hydrogen) atoms. The molecule has 0 spiro atoms. The minimum atomic E-state index is -0.180. The molecule has 2 heterocycles. The van der Waals surface area contributed by atoms with Crippen LogP contribution in [-0.4, -0.2) is 27.8 Å². The van der Waals surface area contributed by atoms with E-state index in [0.717, 1.165) is 16.9 Å². The maximum Gasteiger partial charge on any atom is 0.231 e. The molecule has 2 aromatic carbocycles. The van der Waals surface area contributed by atoms with E-state index < -0.39 is 0 Å². The highest BCUT2D eigenvalue weighted by molar-refractivity contribution is 6.31. The Morgan fingerprint density at radius 3 is 2.57 bits per heavy atom. The molecule has 156 valence electrons. The summed E-state index contributed by atoms with van der Waals surface area (Å²) in [4.78, 5) is 19.5. The summed E-state index contributed by atoms with van der Waals surface area (Å²) in [5.74, 6) is 1.61. The Morgan fingerprint density at radius 1 is 1.17 bits per heavy atom. The van der Waals surface area contributed by atoms with Crippen LogP contribution in [0.1, 0.15) is 49.9 Å². The number of ether oxygens (including phenoxy) is 1. The topological polar surface area (TPSA) is 60.2 Å². The van der Waals surface area contributed by atoms with E-state index in [9.17, 15) is 4.79 Å². The first kappa shape index (κ1) is 20.4. The highest BCUT2D eigenvalue weighted by Crippen LogP contribution is 2.43. The third kappa shape index (κ3) is 3.79. The number of rotatable bonds is 5. The van der Waals surface area contributed by atoms with Gasteiger partial charge in [-0.05, 0) is 41.7 Å². The second-order valence-corrected chi connectivity index (χ2v) is 8.34. The molecule has 0 saturated carbocycles. The lowest BCUT2D eigenvalue weighted by Gasteiger charge is -2.39. The van der Waals surface area contributed by atoms with Gasteiger partial charge < -0.3 is 4.74 Å². The molecule has 1 aliphatic heterocycles. The van der Waals surface area contributed by atoms with Gasteiger partial charge in [0.2, 0.25) is 11.9 Å². The number of carbonyl (C=O) groups excluding carboxylic acids is 1. The van der Waals surface area contributed by atoms with Crippen molar-refractivity contribution in [2.24, 2.45) is 5.92 Å². The fraction of sp³-hybridized carbons (Fsp3) is 0.348. The first-order valence-corrected chi connectivity index (χ1v) is 10.5. The molecule has 7 heteroatoms. The summed E-state index contributed by atoms with van der Waals surface area (Å²) >= 11 is 6.53. The summed E-state index contributed by atoms with van der Waals surface area (Å²) in [6.45, 7) is 4.09. The van der Waals surface area contributed by atoms with Gasteiger partial charge in [-0.3, -0.25) is 9.69 Å². The van der Waals surface area contributed by atoms with Crippen LogP contribution in [0.2, 0.25) is 5.02 Å². The second kappa shape index (κ2) is 8.48. The number of fused-ring (bicyclic) bond motifs is 1. The molecule has 0 radical (unpaired) electrons. The van der Waals surface area contributed by atoms with E-state index in [4.69, 9.17) is 16.3 Å². The number of hydrogen-bond donors (Lipinski definition) is 0. The van der Waals surface area contributed by atoms with Crippen molar-refractivity contribution in [3.63, 3.8) is 0 Å². The Morgan fingerprint density at radius 2 is 1.90 bits per heavy atom. The SMILES string of the molecule is COc1ccc([C@H]2C[C@H](c3ccccc3Cl)n3ncnc3N2C(=O)CC(C)C)cc1.